The highest BCUT2D eigenvalue weighted by Gasteiger charge is 2.18. The van der Waals surface area contributed by atoms with E-state index in [1.807, 2.05) is 20.8 Å². The van der Waals surface area contributed by atoms with Crippen LogP contribution in [0.1, 0.15) is 22.0 Å². The van der Waals surface area contributed by atoms with Gasteiger partial charge in [-0.2, -0.15) is 5.10 Å². The van der Waals surface area contributed by atoms with Gasteiger partial charge < -0.3 is 0 Å². The fraction of sp³-hybridized carbons (Fsp3) is 0.286. The normalized spacial score (nSPS) is 12.2. The predicted octanol–water partition coefficient (Wildman–Crippen LogP) is 2.85. The van der Waals surface area contributed by atoms with Gasteiger partial charge in [0.15, 0.2) is 0 Å². The Balaban J connectivity index is 1.88. The topological polar surface area (TPSA) is 76.4 Å². The zero-order valence-electron chi connectivity index (χ0n) is 12.8. The first-order valence-electron chi connectivity index (χ1n) is 6.85. The molecule has 1 N–H and O–H groups in total. The Kier molecular flexibility index (Phi) is 4.18. The molecular formula is C14H15ClN4O2S2. The molecule has 0 fully saturated rings. The number of aromatic nitrogens is 3. The van der Waals surface area contributed by atoms with Crippen LogP contribution in [0.4, 0.5) is 0 Å². The molecule has 0 aliphatic heterocycles. The second-order valence-electron chi connectivity index (χ2n) is 5.19. The number of nitrogens with zero attached hydrogens (tertiary/aromatic N) is 3. The number of sulfonamides is 1. The van der Waals surface area contributed by atoms with E-state index >= 15 is 0 Å². The van der Waals surface area contributed by atoms with Crippen molar-refractivity contribution in [3.8, 4) is 0 Å². The van der Waals surface area contributed by atoms with E-state index in [0.29, 0.717) is 5.02 Å². The highest BCUT2D eigenvalue weighted by atomic mass is 35.5. The zero-order valence-corrected chi connectivity index (χ0v) is 15.2. The lowest BCUT2D eigenvalue weighted by molar-refractivity contribution is 0.579. The first kappa shape index (κ1) is 16.4. The van der Waals surface area contributed by atoms with Gasteiger partial charge in [-0.05, 0) is 38.5 Å². The molecule has 0 spiro atoms. The summed E-state index contributed by atoms with van der Waals surface area (Å²) in [7, 11) is -3.65. The zero-order chi connectivity index (χ0) is 16.8. The summed E-state index contributed by atoms with van der Waals surface area (Å²) in [5.41, 5.74) is 2.32. The third-order valence-electron chi connectivity index (χ3n) is 3.48. The van der Waals surface area contributed by atoms with Gasteiger partial charge in [0, 0.05) is 5.02 Å². The Bertz CT molecular complexity index is 992. The number of halogens is 1. The van der Waals surface area contributed by atoms with Crippen LogP contribution in [0.2, 0.25) is 5.02 Å². The number of nitrogens with one attached hydrogen (secondary N) is 1. The van der Waals surface area contributed by atoms with Crippen molar-refractivity contribution in [2.75, 3.05) is 0 Å². The summed E-state index contributed by atoms with van der Waals surface area (Å²) in [6, 6.07) is 4.67. The van der Waals surface area contributed by atoms with Gasteiger partial charge in [-0.15, -0.1) is 0 Å². The lowest BCUT2D eigenvalue weighted by Crippen LogP contribution is -2.24. The van der Waals surface area contributed by atoms with E-state index in [4.69, 9.17) is 11.6 Å². The largest absolute Gasteiger partial charge is 0.240 e. The van der Waals surface area contributed by atoms with Crippen molar-refractivity contribution < 1.29 is 8.42 Å². The van der Waals surface area contributed by atoms with Crippen LogP contribution in [0.15, 0.2) is 23.1 Å². The Morgan fingerprint density at radius 2 is 2.04 bits per heavy atom. The SMILES string of the molecule is Cc1nn2c(CNS(=O)(=O)c3ccc(C)c(Cl)c3)c(C)nc2s1. The Morgan fingerprint density at radius 3 is 2.74 bits per heavy atom. The smallest absolute Gasteiger partial charge is 0.223 e. The van der Waals surface area contributed by atoms with Gasteiger partial charge in [0.05, 0.1) is 22.8 Å². The van der Waals surface area contributed by atoms with Crippen molar-refractivity contribution in [1.29, 1.82) is 0 Å². The van der Waals surface area contributed by atoms with Crippen molar-refractivity contribution in [1.82, 2.24) is 19.3 Å². The lowest BCUT2D eigenvalue weighted by atomic mass is 10.2. The summed E-state index contributed by atoms with van der Waals surface area (Å²) in [4.78, 5) is 5.29. The highest BCUT2D eigenvalue weighted by molar-refractivity contribution is 7.89. The molecule has 0 unspecified atom stereocenters. The number of aryl methyl sites for hydroxylation is 3. The van der Waals surface area contributed by atoms with Crippen LogP contribution in [0.5, 0.6) is 0 Å². The summed E-state index contributed by atoms with van der Waals surface area (Å²) in [6.45, 7) is 5.66. The van der Waals surface area contributed by atoms with Gasteiger partial charge in [-0.3, -0.25) is 0 Å². The molecule has 2 heterocycles. The molecule has 0 radical (unpaired) electrons. The highest BCUT2D eigenvalue weighted by Crippen LogP contribution is 2.21. The van der Waals surface area contributed by atoms with E-state index in [1.165, 1.54) is 23.5 Å². The van der Waals surface area contributed by atoms with Gasteiger partial charge in [-0.25, -0.2) is 22.6 Å². The summed E-state index contributed by atoms with van der Waals surface area (Å²) >= 11 is 7.48. The Hall–Kier alpha value is -1.48. The quantitative estimate of drug-likeness (QED) is 0.766. The number of rotatable bonds is 4. The molecule has 0 aliphatic carbocycles. The third-order valence-corrected chi connectivity index (χ3v) is 6.11. The van der Waals surface area contributed by atoms with E-state index in [2.05, 4.69) is 14.8 Å². The standard InChI is InChI=1S/C14H15ClN4O2S2/c1-8-4-5-11(6-12(8)15)23(20,21)16-7-13-9(2)17-14-19(13)18-10(3)22-14/h4-6,16H,7H2,1-3H3. The summed E-state index contributed by atoms with van der Waals surface area (Å²) in [5, 5.41) is 5.65. The molecule has 122 valence electrons. The molecule has 3 rings (SSSR count). The molecule has 0 bridgehead atoms. The lowest BCUT2D eigenvalue weighted by Gasteiger charge is -2.08. The van der Waals surface area contributed by atoms with Crippen molar-refractivity contribution in [3.05, 3.63) is 45.2 Å². The van der Waals surface area contributed by atoms with E-state index in [-0.39, 0.29) is 11.4 Å². The molecular weight excluding hydrogens is 356 g/mol. The number of benzene rings is 1. The minimum Gasteiger partial charge on any atom is -0.223 e. The maximum atomic E-state index is 12.4. The molecule has 0 saturated carbocycles. The fourth-order valence-corrected chi connectivity index (χ4v) is 4.24. The summed E-state index contributed by atoms with van der Waals surface area (Å²) in [6.07, 6.45) is 0. The summed E-state index contributed by atoms with van der Waals surface area (Å²) < 4.78 is 29.1. The van der Waals surface area contributed by atoms with Crippen LogP contribution in [-0.2, 0) is 16.6 Å². The number of fused-ring (bicyclic) bond motifs is 1. The minimum absolute atomic E-state index is 0.115. The van der Waals surface area contributed by atoms with Crippen molar-refractivity contribution in [2.24, 2.45) is 0 Å². The van der Waals surface area contributed by atoms with Crippen molar-refractivity contribution >= 4 is 37.9 Å². The van der Waals surface area contributed by atoms with Gasteiger partial charge in [0.1, 0.15) is 5.01 Å². The second kappa shape index (κ2) is 5.86. The van der Waals surface area contributed by atoms with Crippen LogP contribution in [0.3, 0.4) is 0 Å². The summed E-state index contributed by atoms with van der Waals surface area (Å²) in [5.74, 6) is 0. The number of hydrogen-bond donors (Lipinski definition) is 1. The molecule has 9 heteroatoms. The van der Waals surface area contributed by atoms with Gasteiger partial charge in [0.25, 0.3) is 0 Å². The Labute approximate surface area is 143 Å². The first-order valence-corrected chi connectivity index (χ1v) is 9.53. The molecule has 0 amide bonds. The minimum atomic E-state index is -3.65. The van der Waals surface area contributed by atoms with Crippen LogP contribution in [0.25, 0.3) is 4.96 Å². The molecule has 23 heavy (non-hydrogen) atoms. The third kappa shape index (κ3) is 3.12. The molecule has 2 aromatic heterocycles. The van der Waals surface area contributed by atoms with Crippen LogP contribution in [0, 0.1) is 20.8 Å². The van der Waals surface area contributed by atoms with Gasteiger partial charge in [0.2, 0.25) is 15.0 Å². The number of hydrogen-bond acceptors (Lipinski definition) is 5. The molecule has 0 saturated heterocycles. The fourth-order valence-electron chi connectivity index (χ4n) is 2.18. The Morgan fingerprint density at radius 1 is 1.30 bits per heavy atom. The molecule has 0 atom stereocenters. The van der Waals surface area contributed by atoms with Crippen molar-refractivity contribution in [3.63, 3.8) is 0 Å². The van der Waals surface area contributed by atoms with Gasteiger partial charge >= 0.3 is 0 Å². The van der Waals surface area contributed by atoms with Crippen molar-refractivity contribution in [2.45, 2.75) is 32.2 Å². The van der Waals surface area contributed by atoms with Gasteiger partial charge in [-0.1, -0.05) is 29.0 Å². The predicted molar refractivity (Wildman–Crippen MR) is 90.6 cm³/mol. The van der Waals surface area contributed by atoms with E-state index < -0.39 is 10.0 Å². The first-order chi connectivity index (χ1) is 10.8. The maximum Gasteiger partial charge on any atom is 0.240 e. The molecule has 1 aromatic carbocycles. The maximum absolute atomic E-state index is 12.4. The monoisotopic (exact) mass is 370 g/mol. The van der Waals surface area contributed by atoms with Crippen LogP contribution >= 0.6 is 22.9 Å². The van der Waals surface area contributed by atoms with Crippen LogP contribution < -0.4 is 4.72 Å². The molecule has 3 aromatic rings. The van der Waals surface area contributed by atoms with Crippen LogP contribution in [-0.4, -0.2) is 23.0 Å². The average molecular weight is 371 g/mol. The molecule has 6 nitrogen and oxygen atoms in total. The van der Waals surface area contributed by atoms with E-state index in [9.17, 15) is 8.42 Å². The molecule has 0 aliphatic rings. The average Bonchev–Trinajstić information content (AvgIpc) is 2.94. The van der Waals surface area contributed by atoms with E-state index in [0.717, 1.165) is 26.9 Å². The number of imidazole rings is 1. The van der Waals surface area contributed by atoms with E-state index in [1.54, 1.807) is 10.6 Å². The second-order valence-corrected chi connectivity index (χ2v) is 8.53.